The molecule has 5 atom stereocenters. The third-order valence-corrected chi connectivity index (χ3v) is 7.17. The first kappa shape index (κ1) is 28.4. The van der Waals surface area contributed by atoms with Gasteiger partial charge in [0.15, 0.2) is 12.2 Å². The molecule has 9 nitrogen and oxygen atoms in total. The number of hydrogen-bond acceptors (Lipinski definition) is 9. The third kappa shape index (κ3) is 5.30. The maximum atomic E-state index is 9.50. The Balaban J connectivity index is 1.84. The monoisotopic (exact) mass is 539 g/mol. The van der Waals surface area contributed by atoms with Crippen LogP contribution in [0.25, 0.3) is 0 Å². The van der Waals surface area contributed by atoms with Crippen molar-refractivity contribution in [3.63, 3.8) is 0 Å². The molecule has 0 aromatic heterocycles. The van der Waals surface area contributed by atoms with Crippen LogP contribution in [0.15, 0.2) is 91.0 Å². The van der Waals surface area contributed by atoms with E-state index in [-0.39, 0.29) is 13.0 Å². The molecular weight excluding hydrogens is 510 g/mol. The minimum Gasteiger partial charge on any atom is -0.417 e. The number of benzene rings is 3. The summed E-state index contributed by atoms with van der Waals surface area (Å²) in [6.45, 7) is 1.67. The first-order chi connectivity index (χ1) is 19.6. The number of methoxy groups -OCH3 is 1. The lowest BCUT2D eigenvalue weighted by molar-refractivity contribution is -0.358. The molecular formula is C31H29N3O6. The lowest BCUT2D eigenvalue weighted by Gasteiger charge is -2.49. The van der Waals surface area contributed by atoms with Gasteiger partial charge in [-0.2, -0.15) is 15.8 Å². The quantitative estimate of drug-likeness (QED) is 0.251. The fraction of sp³-hybridized carbons (Fsp3) is 0.323. The van der Waals surface area contributed by atoms with Gasteiger partial charge < -0.3 is 28.4 Å². The van der Waals surface area contributed by atoms with Gasteiger partial charge >= 0.3 is 0 Å². The van der Waals surface area contributed by atoms with Crippen LogP contribution < -0.4 is 0 Å². The predicted molar refractivity (Wildman–Crippen MR) is 142 cm³/mol. The Kier molecular flexibility index (Phi) is 9.22. The molecule has 0 spiro atoms. The minimum atomic E-state index is -1.49. The zero-order valence-electron chi connectivity index (χ0n) is 22.2. The molecule has 9 heteroatoms. The molecule has 1 aliphatic heterocycles. The van der Waals surface area contributed by atoms with Gasteiger partial charge in [-0.1, -0.05) is 97.9 Å². The average molecular weight is 540 g/mol. The lowest BCUT2D eigenvalue weighted by atomic mass is 9.80. The van der Waals surface area contributed by atoms with Crippen LogP contribution in [0.4, 0.5) is 0 Å². The van der Waals surface area contributed by atoms with Crippen LogP contribution in [0.5, 0.6) is 0 Å². The SMILES string of the molecule is CC[C@]1(OC)O[C@H](COC(c2ccccc2)(c2ccccc2)c2ccccc2)[C@@H](OC#N)[C@H](OC#N)[C@H]1OC#N. The Bertz CT molecular complexity index is 1250. The van der Waals surface area contributed by atoms with Crippen molar-refractivity contribution in [1.29, 1.82) is 15.8 Å². The van der Waals surface area contributed by atoms with E-state index in [1.807, 2.05) is 91.0 Å². The zero-order valence-corrected chi connectivity index (χ0v) is 22.2. The molecule has 4 rings (SSSR count). The van der Waals surface area contributed by atoms with Gasteiger partial charge in [-0.3, -0.25) is 0 Å². The van der Waals surface area contributed by atoms with Gasteiger partial charge in [0, 0.05) is 13.5 Å². The molecule has 0 amide bonds. The standard InChI is InChI=1S/C31H29N3O6/c1-3-30(35-2)29(38-22-34)28(37-21-33)27(36-20-32)26(40-30)19-39-31(23-13-7-4-8-14-23,24-15-9-5-10-16-24)25-17-11-6-12-18-25/h4-18,26-29H,3,19H2,1-2H3/t26-,27-,28+,29-,30+/m1/s1. The molecule has 1 saturated heterocycles. The van der Waals surface area contributed by atoms with E-state index >= 15 is 0 Å². The van der Waals surface area contributed by atoms with E-state index in [2.05, 4.69) is 0 Å². The van der Waals surface area contributed by atoms with Crippen molar-refractivity contribution < 1.29 is 28.4 Å². The second-order valence-electron chi connectivity index (χ2n) is 9.09. The molecule has 0 N–H and O–H groups in total. The van der Waals surface area contributed by atoms with Crippen LogP contribution in [-0.4, -0.2) is 43.9 Å². The summed E-state index contributed by atoms with van der Waals surface area (Å²) in [5.41, 5.74) is 1.51. The van der Waals surface area contributed by atoms with Gasteiger partial charge in [-0.25, -0.2) is 0 Å². The van der Waals surface area contributed by atoms with Crippen molar-refractivity contribution in [1.82, 2.24) is 0 Å². The molecule has 1 aliphatic rings. The van der Waals surface area contributed by atoms with E-state index in [0.717, 1.165) is 16.7 Å². The van der Waals surface area contributed by atoms with Crippen molar-refractivity contribution in [2.45, 2.75) is 49.1 Å². The minimum absolute atomic E-state index is 0.110. The first-order valence-electron chi connectivity index (χ1n) is 12.8. The van der Waals surface area contributed by atoms with Gasteiger partial charge in [0.25, 0.3) is 18.8 Å². The average Bonchev–Trinajstić information content (AvgIpc) is 3.01. The molecule has 0 bridgehead atoms. The maximum Gasteiger partial charge on any atom is 0.286 e. The summed E-state index contributed by atoms with van der Waals surface area (Å²) in [6.07, 6.45) is 0.658. The largest absolute Gasteiger partial charge is 0.417 e. The highest BCUT2D eigenvalue weighted by Gasteiger charge is 2.59. The van der Waals surface area contributed by atoms with Crippen molar-refractivity contribution in [2.75, 3.05) is 13.7 Å². The first-order valence-corrected chi connectivity index (χ1v) is 12.8. The van der Waals surface area contributed by atoms with Gasteiger partial charge in [0.1, 0.15) is 11.7 Å². The topological polar surface area (TPSA) is 127 Å². The summed E-state index contributed by atoms with van der Waals surface area (Å²) < 4.78 is 35.0. The van der Waals surface area contributed by atoms with Crippen molar-refractivity contribution in [3.05, 3.63) is 108 Å². The highest BCUT2D eigenvalue weighted by molar-refractivity contribution is 5.47. The molecule has 0 aliphatic carbocycles. The van der Waals surface area contributed by atoms with Crippen LogP contribution >= 0.6 is 0 Å². The van der Waals surface area contributed by atoms with Crippen molar-refractivity contribution >= 4 is 0 Å². The number of nitrogens with zero attached hydrogens (tertiary/aromatic N) is 3. The number of hydrogen-bond donors (Lipinski definition) is 0. The highest BCUT2D eigenvalue weighted by atomic mass is 16.7. The molecule has 0 unspecified atom stereocenters. The van der Waals surface area contributed by atoms with E-state index in [1.165, 1.54) is 7.11 Å². The van der Waals surface area contributed by atoms with E-state index in [4.69, 9.17) is 28.4 Å². The van der Waals surface area contributed by atoms with Crippen molar-refractivity contribution in [2.24, 2.45) is 0 Å². The Morgan fingerprint density at radius 2 is 1.18 bits per heavy atom. The van der Waals surface area contributed by atoms with Crippen LogP contribution in [0.1, 0.15) is 30.0 Å². The number of ether oxygens (including phenoxy) is 6. The smallest absolute Gasteiger partial charge is 0.286 e. The molecule has 3 aromatic carbocycles. The summed E-state index contributed by atoms with van der Waals surface area (Å²) in [5, 5.41) is 28.3. The summed E-state index contributed by atoms with van der Waals surface area (Å²) in [7, 11) is 1.41. The van der Waals surface area contributed by atoms with Crippen molar-refractivity contribution in [3.8, 4) is 18.8 Å². The highest BCUT2D eigenvalue weighted by Crippen LogP contribution is 2.43. The van der Waals surface area contributed by atoms with Crippen LogP contribution in [0.2, 0.25) is 0 Å². The Morgan fingerprint density at radius 3 is 1.57 bits per heavy atom. The Labute approximate surface area is 233 Å². The normalized spacial score (nSPS) is 24.1. The fourth-order valence-corrected chi connectivity index (χ4v) is 5.33. The second kappa shape index (κ2) is 13.0. The fourth-order valence-electron chi connectivity index (χ4n) is 5.33. The van der Waals surface area contributed by atoms with Crippen LogP contribution in [0.3, 0.4) is 0 Å². The Hall–Kier alpha value is -4.59. The van der Waals surface area contributed by atoms with E-state index in [1.54, 1.807) is 25.7 Å². The van der Waals surface area contributed by atoms with Crippen LogP contribution in [0, 0.1) is 34.6 Å². The molecule has 1 heterocycles. The number of rotatable bonds is 11. The van der Waals surface area contributed by atoms with Gasteiger partial charge in [0.2, 0.25) is 11.9 Å². The van der Waals surface area contributed by atoms with E-state index < -0.39 is 35.8 Å². The lowest BCUT2D eigenvalue weighted by Crippen LogP contribution is -2.67. The van der Waals surface area contributed by atoms with Gasteiger partial charge in [-0.05, 0) is 16.7 Å². The van der Waals surface area contributed by atoms with E-state index in [9.17, 15) is 15.8 Å². The third-order valence-electron chi connectivity index (χ3n) is 7.17. The molecule has 204 valence electrons. The van der Waals surface area contributed by atoms with E-state index in [0.29, 0.717) is 0 Å². The van der Waals surface area contributed by atoms with Crippen LogP contribution in [-0.2, 0) is 34.0 Å². The predicted octanol–water partition coefficient (Wildman–Crippen LogP) is 4.75. The number of nitriles is 3. The molecule has 3 aromatic rings. The molecule has 0 saturated carbocycles. The summed E-state index contributed by atoms with van der Waals surface area (Å²) in [4.78, 5) is 0. The zero-order chi connectivity index (χ0) is 28.4. The summed E-state index contributed by atoms with van der Waals surface area (Å²) in [6, 6.07) is 29.3. The Morgan fingerprint density at radius 1 is 0.725 bits per heavy atom. The summed E-state index contributed by atoms with van der Waals surface area (Å²) in [5.74, 6) is -1.49. The maximum absolute atomic E-state index is 9.50. The second-order valence-corrected chi connectivity index (χ2v) is 9.09. The molecule has 0 radical (unpaired) electrons. The summed E-state index contributed by atoms with van der Waals surface area (Å²) >= 11 is 0. The van der Waals surface area contributed by atoms with Gasteiger partial charge in [0.05, 0.1) is 6.61 Å². The molecule has 40 heavy (non-hydrogen) atoms. The molecule has 1 fully saturated rings. The van der Waals surface area contributed by atoms with Gasteiger partial charge in [-0.15, -0.1) is 0 Å².